The van der Waals surface area contributed by atoms with Crippen LogP contribution in [0.1, 0.15) is 168 Å². The molecule has 0 saturated heterocycles. The quantitative estimate of drug-likeness (QED) is 0.0722. The van der Waals surface area contributed by atoms with Gasteiger partial charge in [-0.3, -0.25) is 4.79 Å². The lowest BCUT2D eigenvalue weighted by atomic mass is 9.91. The number of ether oxygens (including phenoxy) is 1. The van der Waals surface area contributed by atoms with Gasteiger partial charge in [-0.05, 0) is 31.6 Å². The lowest BCUT2D eigenvalue weighted by Crippen LogP contribution is -2.02. The maximum absolute atomic E-state index is 11.3. The lowest BCUT2D eigenvalue weighted by Gasteiger charge is -2.15. The van der Waals surface area contributed by atoms with Crippen LogP contribution in [0.15, 0.2) is 12.2 Å². The molecule has 0 rings (SSSR count). The van der Waals surface area contributed by atoms with Crippen molar-refractivity contribution in [2.45, 2.75) is 168 Å². The molecule has 33 heavy (non-hydrogen) atoms. The molecule has 0 amide bonds. The van der Waals surface area contributed by atoms with Crippen LogP contribution in [0, 0.1) is 5.92 Å². The van der Waals surface area contributed by atoms with E-state index in [1.54, 1.807) is 0 Å². The van der Waals surface area contributed by atoms with E-state index in [1.165, 1.54) is 142 Å². The molecule has 0 saturated carbocycles. The number of rotatable bonds is 26. The lowest BCUT2D eigenvalue weighted by molar-refractivity contribution is -0.140. The largest absolute Gasteiger partial charge is 0.469 e. The maximum atomic E-state index is 11.3. The summed E-state index contributed by atoms with van der Waals surface area (Å²) in [6, 6.07) is 0. The zero-order valence-electron chi connectivity index (χ0n) is 23.0. The van der Waals surface area contributed by atoms with Crippen molar-refractivity contribution < 1.29 is 9.53 Å². The van der Waals surface area contributed by atoms with E-state index in [9.17, 15) is 4.79 Å². The molecule has 0 fully saturated rings. The predicted molar refractivity (Wildman–Crippen MR) is 147 cm³/mol. The minimum absolute atomic E-state index is 0.0606. The Morgan fingerprint density at radius 2 is 1.06 bits per heavy atom. The van der Waals surface area contributed by atoms with Gasteiger partial charge in [-0.15, -0.1) is 0 Å². The molecule has 2 heteroatoms. The highest BCUT2D eigenvalue weighted by atomic mass is 16.5. The number of carbonyl (C=O) groups is 1. The Morgan fingerprint density at radius 1 is 0.606 bits per heavy atom. The molecular formula is C31H60O2. The molecule has 0 aromatic heterocycles. The van der Waals surface area contributed by atoms with Crippen LogP contribution >= 0.6 is 0 Å². The van der Waals surface area contributed by atoms with Crippen molar-refractivity contribution in [1.82, 2.24) is 0 Å². The Kier molecular flexibility index (Phi) is 26.8. The first-order chi connectivity index (χ1) is 16.2. The van der Waals surface area contributed by atoms with Gasteiger partial charge in [0.25, 0.3) is 0 Å². The third-order valence-electron chi connectivity index (χ3n) is 7.05. The van der Waals surface area contributed by atoms with Gasteiger partial charge in [0.15, 0.2) is 0 Å². The van der Waals surface area contributed by atoms with Crippen molar-refractivity contribution in [3.05, 3.63) is 12.2 Å². The van der Waals surface area contributed by atoms with E-state index in [2.05, 4.69) is 26.0 Å². The normalized spacial score (nSPS) is 12.5. The van der Waals surface area contributed by atoms with Crippen LogP contribution in [-0.4, -0.2) is 13.1 Å². The molecule has 0 aliphatic rings. The second kappa shape index (κ2) is 27.5. The summed E-state index contributed by atoms with van der Waals surface area (Å²) in [6.07, 6.45) is 36.6. The van der Waals surface area contributed by atoms with Crippen LogP contribution in [0.2, 0.25) is 0 Å². The minimum Gasteiger partial charge on any atom is -0.469 e. The van der Waals surface area contributed by atoms with E-state index >= 15 is 0 Å². The second-order valence-electron chi connectivity index (χ2n) is 10.3. The van der Waals surface area contributed by atoms with Crippen molar-refractivity contribution in [1.29, 1.82) is 0 Å². The summed E-state index contributed by atoms with van der Waals surface area (Å²) in [4.78, 5) is 11.3. The summed E-state index contributed by atoms with van der Waals surface area (Å²) < 4.78 is 4.76. The van der Waals surface area contributed by atoms with Gasteiger partial charge in [-0.1, -0.05) is 148 Å². The smallest absolute Gasteiger partial charge is 0.305 e. The first-order valence-electron chi connectivity index (χ1n) is 15.0. The van der Waals surface area contributed by atoms with Crippen LogP contribution in [0.25, 0.3) is 0 Å². The van der Waals surface area contributed by atoms with E-state index in [-0.39, 0.29) is 5.97 Å². The molecule has 0 aromatic carbocycles. The van der Waals surface area contributed by atoms with Crippen molar-refractivity contribution >= 4 is 5.97 Å². The van der Waals surface area contributed by atoms with Gasteiger partial charge >= 0.3 is 5.97 Å². The Hall–Kier alpha value is -0.790. The molecule has 0 aliphatic carbocycles. The van der Waals surface area contributed by atoms with Gasteiger partial charge in [0.05, 0.1) is 7.11 Å². The number of unbranched alkanes of at least 4 members (excludes halogenated alkanes) is 17. The second-order valence-corrected chi connectivity index (χ2v) is 10.3. The summed E-state index contributed by atoms with van der Waals surface area (Å²) in [5.41, 5.74) is 0. The molecule has 0 aliphatic heterocycles. The SMILES string of the molecule is CCCCCCCC/C=C\CC(CCCCCCCCCCCC)CCCCCC(=O)OC. The summed E-state index contributed by atoms with van der Waals surface area (Å²) in [5, 5.41) is 0. The van der Waals surface area contributed by atoms with Crippen LogP contribution in [0.3, 0.4) is 0 Å². The van der Waals surface area contributed by atoms with Crippen molar-refractivity contribution in [2.24, 2.45) is 5.92 Å². The number of hydrogen-bond acceptors (Lipinski definition) is 2. The van der Waals surface area contributed by atoms with Crippen LogP contribution in [-0.2, 0) is 9.53 Å². The first-order valence-corrected chi connectivity index (χ1v) is 15.0. The molecule has 2 nitrogen and oxygen atoms in total. The highest BCUT2D eigenvalue weighted by Gasteiger charge is 2.08. The maximum Gasteiger partial charge on any atom is 0.305 e. The first kappa shape index (κ1) is 32.2. The fraction of sp³-hybridized carbons (Fsp3) is 0.903. The molecule has 0 N–H and O–H groups in total. The fourth-order valence-electron chi connectivity index (χ4n) is 4.73. The number of carbonyl (C=O) groups excluding carboxylic acids is 1. The number of allylic oxidation sites excluding steroid dienone is 2. The Morgan fingerprint density at radius 3 is 1.58 bits per heavy atom. The van der Waals surface area contributed by atoms with Crippen molar-refractivity contribution in [2.75, 3.05) is 7.11 Å². The zero-order valence-corrected chi connectivity index (χ0v) is 23.0. The molecule has 1 atom stereocenters. The molecule has 0 aromatic rings. The van der Waals surface area contributed by atoms with Crippen molar-refractivity contribution in [3.63, 3.8) is 0 Å². The van der Waals surface area contributed by atoms with Gasteiger partial charge in [0.1, 0.15) is 0 Å². The van der Waals surface area contributed by atoms with E-state index in [4.69, 9.17) is 4.74 Å². The van der Waals surface area contributed by atoms with E-state index in [1.807, 2.05) is 0 Å². The monoisotopic (exact) mass is 464 g/mol. The van der Waals surface area contributed by atoms with Crippen LogP contribution in [0.4, 0.5) is 0 Å². The van der Waals surface area contributed by atoms with E-state index in [0.29, 0.717) is 6.42 Å². The van der Waals surface area contributed by atoms with E-state index < -0.39 is 0 Å². The minimum atomic E-state index is -0.0606. The van der Waals surface area contributed by atoms with Gasteiger partial charge in [0.2, 0.25) is 0 Å². The summed E-state index contributed by atoms with van der Waals surface area (Å²) in [7, 11) is 1.49. The number of methoxy groups -OCH3 is 1. The average Bonchev–Trinajstić information content (AvgIpc) is 2.83. The molecular weight excluding hydrogens is 404 g/mol. The third kappa shape index (κ3) is 25.7. The number of hydrogen-bond donors (Lipinski definition) is 0. The summed E-state index contributed by atoms with van der Waals surface area (Å²) >= 11 is 0. The molecule has 196 valence electrons. The van der Waals surface area contributed by atoms with Gasteiger partial charge in [-0.25, -0.2) is 0 Å². The summed E-state index contributed by atoms with van der Waals surface area (Å²) in [5.74, 6) is 0.771. The van der Waals surface area contributed by atoms with Gasteiger partial charge in [0, 0.05) is 6.42 Å². The van der Waals surface area contributed by atoms with Crippen LogP contribution in [0.5, 0.6) is 0 Å². The highest BCUT2D eigenvalue weighted by Crippen LogP contribution is 2.23. The summed E-state index contributed by atoms with van der Waals surface area (Å²) in [6.45, 7) is 4.58. The molecule has 0 spiro atoms. The average molecular weight is 465 g/mol. The number of esters is 1. The standard InChI is InChI=1S/C31H60O2/c1-4-6-8-10-12-14-16-18-20-23-27-30(28-24-21-25-29-31(32)33-3)26-22-19-17-15-13-11-9-7-5-2/h19,22,30H,4-18,20-21,23-29H2,1-3H3/b22-19-. The topological polar surface area (TPSA) is 26.3 Å². The van der Waals surface area contributed by atoms with Gasteiger partial charge < -0.3 is 4.74 Å². The fourth-order valence-corrected chi connectivity index (χ4v) is 4.73. The Labute approximate surface area is 208 Å². The molecule has 1 unspecified atom stereocenters. The molecule has 0 radical (unpaired) electrons. The molecule has 0 bridgehead atoms. The molecule has 0 heterocycles. The Bertz CT molecular complexity index is 415. The zero-order chi connectivity index (χ0) is 24.2. The van der Waals surface area contributed by atoms with Crippen molar-refractivity contribution in [3.8, 4) is 0 Å². The Balaban J connectivity index is 3.97. The van der Waals surface area contributed by atoms with Gasteiger partial charge in [-0.2, -0.15) is 0 Å². The third-order valence-corrected chi connectivity index (χ3v) is 7.05. The van der Waals surface area contributed by atoms with Crippen LogP contribution < -0.4 is 0 Å². The van der Waals surface area contributed by atoms with E-state index in [0.717, 1.165) is 18.8 Å². The highest BCUT2D eigenvalue weighted by molar-refractivity contribution is 5.68. The predicted octanol–water partition coefficient (Wildman–Crippen LogP) is 10.7.